The van der Waals surface area contributed by atoms with Crippen LogP contribution in [0.25, 0.3) is 11.1 Å². The second kappa shape index (κ2) is 6.83. The molecule has 0 atom stereocenters. The minimum Gasteiger partial charge on any atom is -0.267 e. The van der Waals surface area contributed by atoms with E-state index in [1.807, 2.05) is 0 Å². The predicted molar refractivity (Wildman–Crippen MR) is 89.9 cm³/mol. The highest BCUT2D eigenvalue weighted by Crippen LogP contribution is 2.41. The van der Waals surface area contributed by atoms with Crippen molar-refractivity contribution in [1.82, 2.24) is 10.2 Å². The molecule has 24 heavy (non-hydrogen) atoms. The van der Waals surface area contributed by atoms with Gasteiger partial charge in [0.25, 0.3) is 5.56 Å². The number of H-pyrrole nitrogens is 1. The molecule has 0 amide bonds. The molecule has 1 aliphatic carbocycles. The van der Waals surface area contributed by atoms with Gasteiger partial charge in [-0.2, -0.15) is 5.10 Å². The largest absolute Gasteiger partial charge is 0.272 e. The van der Waals surface area contributed by atoms with Crippen LogP contribution < -0.4 is 5.56 Å². The van der Waals surface area contributed by atoms with Crippen LogP contribution in [0.15, 0.2) is 23.0 Å². The van der Waals surface area contributed by atoms with Gasteiger partial charge in [-0.05, 0) is 62.1 Å². The van der Waals surface area contributed by atoms with E-state index in [1.165, 1.54) is 18.2 Å². The van der Waals surface area contributed by atoms with Crippen molar-refractivity contribution in [3.63, 3.8) is 0 Å². The molecule has 0 bridgehead atoms. The van der Waals surface area contributed by atoms with Gasteiger partial charge < -0.3 is 0 Å². The maximum Gasteiger partial charge on any atom is 0.272 e. The molecule has 1 heterocycles. The van der Waals surface area contributed by atoms with Gasteiger partial charge in [0, 0.05) is 0 Å². The number of benzene rings is 1. The number of hydrogen-bond acceptors (Lipinski definition) is 2. The highest BCUT2D eigenvalue weighted by molar-refractivity contribution is 5.69. The predicted octanol–water partition coefficient (Wildman–Crippen LogP) is 4.71. The molecule has 3 rings (SSSR count). The van der Waals surface area contributed by atoms with Gasteiger partial charge in [0.05, 0.1) is 16.8 Å². The average molecular weight is 332 g/mol. The minimum atomic E-state index is -0.713. The smallest absolute Gasteiger partial charge is 0.267 e. The molecule has 0 saturated heterocycles. The van der Waals surface area contributed by atoms with Crippen LogP contribution in [0.5, 0.6) is 0 Å². The van der Waals surface area contributed by atoms with E-state index >= 15 is 0 Å². The van der Waals surface area contributed by atoms with Crippen molar-refractivity contribution in [3.05, 3.63) is 51.4 Å². The number of rotatable bonds is 3. The van der Waals surface area contributed by atoms with Crippen LogP contribution >= 0.6 is 0 Å². The van der Waals surface area contributed by atoms with E-state index < -0.39 is 17.2 Å². The molecular formula is C19H22F2N2O. The third-order valence-electron chi connectivity index (χ3n) is 5.26. The summed E-state index contributed by atoms with van der Waals surface area (Å²) in [4.78, 5) is 12.4. The molecule has 3 nitrogen and oxygen atoms in total. The summed E-state index contributed by atoms with van der Waals surface area (Å²) in [6.45, 7) is 3.98. The fourth-order valence-corrected chi connectivity index (χ4v) is 3.90. The average Bonchev–Trinajstić information content (AvgIpc) is 2.58. The molecule has 0 unspecified atom stereocenters. The molecule has 5 heteroatoms. The van der Waals surface area contributed by atoms with Gasteiger partial charge >= 0.3 is 0 Å². The van der Waals surface area contributed by atoms with Crippen molar-refractivity contribution in [2.75, 3.05) is 0 Å². The van der Waals surface area contributed by atoms with Crippen LogP contribution in [0.4, 0.5) is 8.78 Å². The summed E-state index contributed by atoms with van der Waals surface area (Å²) in [7, 11) is 0. The minimum absolute atomic E-state index is 0.109. The van der Waals surface area contributed by atoms with Gasteiger partial charge in [-0.25, -0.2) is 13.9 Å². The maximum absolute atomic E-state index is 14.3. The molecule has 1 saturated carbocycles. The first-order valence-electron chi connectivity index (χ1n) is 8.56. The van der Waals surface area contributed by atoms with Gasteiger partial charge in [0.15, 0.2) is 0 Å². The second-order valence-corrected chi connectivity index (χ2v) is 6.65. The lowest BCUT2D eigenvalue weighted by Gasteiger charge is -2.29. The third kappa shape index (κ3) is 2.99. The van der Waals surface area contributed by atoms with Crippen molar-refractivity contribution >= 4 is 0 Å². The van der Waals surface area contributed by atoms with Crippen LogP contribution in [-0.2, 0) is 0 Å². The molecular weight excluding hydrogens is 310 g/mol. The summed E-state index contributed by atoms with van der Waals surface area (Å²) in [5, 5.41) is 6.44. The number of aromatic nitrogens is 2. The Morgan fingerprint density at radius 2 is 1.75 bits per heavy atom. The molecule has 1 aromatic heterocycles. The van der Waals surface area contributed by atoms with E-state index in [0.717, 1.165) is 32.1 Å². The number of aryl methyl sites for hydroxylation is 1. The van der Waals surface area contributed by atoms with Gasteiger partial charge in [-0.3, -0.25) is 4.79 Å². The number of nitrogens with one attached hydrogen (secondary N) is 1. The SMILES string of the molecule is CCC1CCC(c2c(C)n[nH]c(=O)c2-c2c(F)cccc2F)CC1. The van der Waals surface area contributed by atoms with Gasteiger partial charge in [0.1, 0.15) is 11.6 Å². The lowest BCUT2D eigenvalue weighted by atomic mass is 9.75. The standard InChI is InChI=1S/C19H22F2N2O/c1-3-12-7-9-13(10-8-12)16-11(2)22-23-19(24)18(16)17-14(20)5-4-6-15(17)21/h4-6,12-13H,3,7-10H2,1-2H3,(H,23,24). The molecule has 0 spiro atoms. The molecule has 0 aliphatic heterocycles. The van der Waals surface area contributed by atoms with Crippen LogP contribution in [0.1, 0.15) is 56.2 Å². The van der Waals surface area contributed by atoms with Gasteiger partial charge in [0.2, 0.25) is 0 Å². The quantitative estimate of drug-likeness (QED) is 0.885. The van der Waals surface area contributed by atoms with Crippen molar-refractivity contribution < 1.29 is 8.78 Å². The fourth-order valence-electron chi connectivity index (χ4n) is 3.90. The Morgan fingerprint density at radius 3 is 2.33 bits per heavy atom. The summed E-state index contributed by atoms with van der Waals surface area (Å²) in [6, 6.07) is 3.68. The van der Waals surface area contributed by atoms with Crippen molar-refractivity contribution in [3.8, 4) is 11.1 Å². The first-order valence-corrected chi connectivity index (χ1v) is 8.56. The van der Waals surface area contributed by atoms with E-state index in [4.69, 9.17) is 0 Å². The van der Waals surface area contributed by atoms with E-state index in [2.05, 4.69) is 17.1 Å². The zero-order valence-electron chi connectivity index (χ0n) is 14.0. The van der Waals surface area contributed by atoms with Crippen molar-refractivity contribution in [2.45, 2.75) is 51.9 Å². The number of hydrogen-bond donors (Lipinski definition) is 1. The van der Waals surface area contributed by atoms with Gasteiger partial charge in [-0.1, -0.05) is 19.4 Å². The Bertz CT molecular complexity index is 772. The lowest BCUT2D eigenvalue weighted by molar-refractivity contribution is 0.318. The zero-order chi connectivity index (χ0) is 17.3. The Labute approximate surface area is 140 Å². The molecule has 1 N–H and O–H groups in total. The van der Waals surface area contributed by atoms with Crippen LogP contribution in [-0.4, -0.2) is 10.2 Å². The Balaban J connectivity index is 2.14. The summed E-state index contributed by atoms with van der Waals surface area (Å²) < 4.78 is 28.6. The molecule has 2 aromatic rings. The molecule has 1 aromatic carbocycles. The highest BCUT2D eigenvalue weighted by atomic mass is 19.1. The summed E-state index contributed by atoms with van der Waals surface area (Å²) in [5.41, 5.74) is 0.691. The van der Waals surface area contributed by atoms with Crippen molar-refractivity contribution in [2.24, 2.45) is 5.92 Å². The Kier molecular flexibility index (Phi) is 4.78. The van der Waals surface area contributed by atoms with Crippen LogP contribution in [0.2, 0.25) is 0 Å². The number of halogens is 2. The Hall–Kier alpha value is -2.04. The van der Waals surface area contributed by atoms with Crippen LogP contribution in [0, 0.1) is 24.5 Å². The summed E-state index contributed by atoms with van der Waals surface area (Å²) in [5.74, 6) is -0.606. The van der Waals surface area contributed by atoms with Gasteiger partial charge in [-0.15, -0.1) is 0 Å². The number of aromatic amines is 1. The summed E-state index contributed by atoms with van der Waals surface area (Å²) >= 11 is 0. The molecule has 1 aliphatic rings. The first kappa shape index (κ1) is 16.8. The van der Waals surface area contributed by atoms with E-state index in [9.17, 15) is 13.6 Å². The monoisotopic (exact) mass is 332 g/mol. The van der Waals surface area contributed by atoms with Crippen LogP contribution in [0.3, 0.4) is 0 Å². The topological polar surface area (TPSA) is 45.8 Å². The Morgan fingerprint density at radius 1 is 1.12 bits per heavy atom. The normalized spacial score (nSPS) is 21.0. The fraction of sp³-hybridized carbons (Fsp3) is 0.474. The first-order chi connectivity index (χ1) is 11.5. The second-order valence-electron chi connectivity index (χ2n) is 6.65. The molecule has 1 fully saturated rings. The molecule has 128 valence electrons. The molecule has 0 radical (unpaired) electrons. The zero-order valence-corrected chi connectivity index (χ0v) is 14.0. The van der Waals surface area contributed by atoms with E-state index in [0.29, 0.717) is 17.2 Å². The highest BCUT2D eigenvalue weighted by Gasteiger charge is 2.29. The van der Waals surface area contributed by atoms with E-state index in [-0.39, 0.29) is 17.0 Å². The maximum atomic E-state index is 14.3. The lowest BCUT2D eigenvalue weighted by Crippen LogP contribution is -2.22. The van der Waals surface area contributed by atoms with Crippen molar-refractivity contribution in [1.29, 1.82) is 0 Å². The summed E-state index contributed by atoms with van der Waals surface area (Å²) in [6.07, 6.45) is 5.15. The third-order valence-corrected chi connectivity index (χ3v) is 5.26. The van der Waals surface area contributed by atoms with E-state index in [1.54, 1.807) is 6.92 Å². The number of nitrogens with zero attached hydrogens (tertiary/aromatic N) is 1.